The second-order valence-corrected chi connectivity index (χ2v) is 3.70. The Labute approximate surface area is 96.5 Å². The Morgan fingerprint density at radius 2 is 2.07 bits per heavy atom. The molecule has 0 spiro atoms. The third-order valence-corrected chi connectivity index (χ3v) is 2.81. The van der Waals surface area contributed by atoms with E-state index in [4.69, 9.17) is 15.2 Å². The minimum Gasteiger partial charge on any atom is -0.495 e. The molecule has 0 saturated heterocycles. The Morgan fingerprint density at radius 3 is 2.53 bits per heavy atom. The number of halogens is 2. The van der Waals surface area contributed by atoms with Gasteiger partial charge in [0.05, 0.1) is 14.2 Å². The first-order chi connectivity index (χ1) is 7.15. The Morgan fingerprint density at radius 1 is 1.40 bits per heavy atom. The van der Waals surface area contributed by atoms with Gasteiger partial charge in [0.2, 0.25) is 0 Å². The molecule has 1 aromatic rings. The highest BCUT2D eigenvalue weighted by molar-refractivity contribution is 9.10. The molecular weight excluding hydrogens is 265 g/mol. The van der Waals surface area contributed by atoms with Crippen molar-refractivity contribution in [2.24, 2.45) is 5.73 Å². The number of hydrogen-bond acceptors (Lipinski definition) is 3. The van der Waals surface area contributed by atoms with Gasteiger partial charge < -0.3 is 15.2 Å². The third-order valence-electron chi connectivity index (χ3n) is 2.06. The fourth-order valence-corrected chi connectivity index (χ4v) is 1.98. The van der Waals surface area contributed by atoms with Crippen LogP contribution in [0.4, 0.5) is 4.39 Å². The van der Waals surface area contributed by atoms with Crippen molar-refractivity contribution in [1.29, 1.82) is 0 Å². The monoisotopic (exact) mass is 277 g/mol. The lowest BCUT2D eigenvalue weighted by Crippen LogP contribution is -2.09. The van der Waals surface area contributed by atoms with E-state index in [0.717, 1.165) is 0 Å². The minimum atomic E-state index is -1.23. The van der Waals surface area contributed by atoms with Crippen molar-refractivity contribution in [3.05, 3.63) is 22.2 Å². The fourth-order valence-electron chi connectivity index (χ4n) is 1.29. The first-order valence-corrected chi connectivity index (χ1v) is 5.19. The lowest BCUT2D eigenvalue weighted by Gasteiger charge is -2.15. The van der Waals surface area contributed by atoms with Crippen LogP contribution in [0.5, 0.6) is 11.5 Å². The summed E-state index contributed by atoms with van der Waals surface area (Å²) >= 11 is 3.29. The highest BCUT2D eigenvalue weighted by atomic mass is 79.9. The first-order valence-electron chi connectivity index (χ1n) is 4.40. The van der Waals surface area contributed by atoms with Crippen molar-refractivity contribution in [2.75, 3.05) is 20.8 Å². The fraction of sp³-hybridized carbons (Fsp3) is 0.400. The highest BCUT2D eigenvalue weighted by Crippen LogP contribution is 2.40. The molecule has 0 fully saturated rings. The molecule has 0 amide bonds. The van der Waals surface area contributed by atoms with Crippen molar-refractivity contribution < 1.29 is 13.9 Å². The van der Waals surface area contributed by atoms with Crippen LogP contribution in [0, 0.1) is 0 Å². The second-order valence-electron chi connectivity index (χ2n) is 2.91. The second kappa shape index (κ2) is 5.32. The van der Waals surface area contributed by atoms with Crippen molar-refractivity contribution in [2.45, 2.75) is 6.17 Å². The van der Waals surface area contributed by atoms with Crippen LogP contribution in [0.3, 0.4) is 0 Å². The third kappa shape index (κ3) is 2.41. The highest BCUT2D eigenvalue weighted by Gasteiger charge is 2.18. The maximum absolute atomic E-state index is 13.5. The Kier molecular flexibility index (Phi) is 4.35. The lowest BCUT2D eigenvalue weighted by molar-refractivity contribution is 0.327. The van der Waals surface area contributed by atoms with Crippen LogP contribution >= 0.6 is 15.9 Å². The number of benzene rings is 1. The van der Waals surface area contributed by atoms with Crippen molar-refractivity contribution in [1.82, 2.24) is 0 Å². The van der Waals surface area contributed by atoms with Crippen LogP contribution in [0.15, 0.2) is 16.6 Å². The number of nitrogens with two attached hydrogens (primary N) is 1. The zero-order valence-corrected chi connectivity index (χ0v) is 10.2. The molecular formula is C10H13BrFNO2. The zero-order valence-electron chi connectivity index (χ0n) is 8.59. The van der Waals surface area contributed by atoms with E-state index in [9.17, 15) is 4.39 Å². The molecule has 1 atom stereocenters. The summed E-state index contributed by atoms with van der Waals surface area (Å²) in [6, 6.07) is 3.28. The van der Waals surface area contributed by atoms with E-state index in [1.54, 1.807) is 12.1 Å². The molecule has 84 valence electrons. The molecule has 0 bridgehead atoms. The van der Waals surface area contributed by atoms with Crippen molar-refractivity contribution in [3.63, 3.8) is 0 Å². The number of methoxy groups -OCH3 is 2. The van der Waals surface area contributed by atoms with Crippen LogP contribution in [0.2, 0.25) is 0 Å². The van der Waals surface area contributed by atoms with Gasteiger partial charge in [0.15, 0.2) is 0 Å². The molecule has 0 aliphatic carbocycles. The van der Waals surface area contributed by atoms with E-state index in [-0.39, 0.29) is 6.54 Å². The number of rotatable bonds is 4. The predicted octanol–water partition coefficient (Wildman–Crippen LogP) is 2.44. The molecule has 1 rings (SSSR count). The molecule has 0 aliphatic heterocycles. The molecule has 1 aromatic carbocycles. The Balaban J connectivity index is 3.24. The maximum Gasteiger partial charge on any atom is 0.142 e. The minimum absolute atomic E-state index is 0.0743. The summed E-state index contributed by atoms with van der Waals surface area (Å²) in [5.74, 6) is 1.02. The average molecular weight is 278 g/mol. The van der Waals surface area contributed by atoms with Gasteiger partial charge in [-0.15, -0.1) is 0 Å². The van der Waals surface area contributed by atoms with Gasteiger partial charge in [0.25, 0.3) is 0 Å². The molecule has 0 saturated carbocycles. The normalized spacial score (nSPS) is 12.3. The van der Waals surface area contributed by atoms with E-state index in [0.29, 0.717) is 21.5 Å². The molecule has 0 heterocycles. The van der Waals surface area contributed by atoms with Gasteiger partial charge in [-0.2, -0.15) is 0 Å². The molecule has 0 aliphatic rings. The van der Waals surface area contributed by atoms with E-state index < -0.39 is 6.17 Å². The molecule has 1 unspecified atom stereocenters. The van der Waals surface area contributed by atoms with Crippen LogP contribution in [-0.2, 0) is 0 Å². The summed E-state index contributed by atoms with van der Waals surface area (Å²) in [6.45, 7) is -0.0743. The average Bonchev–Trinajstić information content (AvgIpc) is 2.27. The summed E-state index contributed by atoms with van der Waals surface area (Å²) in [5, 5.41) is 0. The number of ether oxygens (including phenoxy) is 2. The quantitative estimate of drug-likeness (QED) is 0.920. The van der Waals surface area contributed by atoms with Gasteiger partial charge in [-0.05, 0) is 28.1 Å². The van der Waals surface area contributed by atoms with Crippen molar-refractivity contribution in [3.8, 4) is 11.5 Å². The number of alkyl halides is 1. The molecule has 0 aromatic heterocycles. The summed E-state index contributed by atoms with van der Waals surface area (Å²) < 4.78 is 24.3. The van der Waals surface area contributed by atoms with Gasteiger partial charge in [-0.25, -0.2) is 4.39 Å². The van der Waals surface area contributed by atoms with E-state index in [1.165, 1.54) is 14.2 Å². The zero-order chi connectivity index (χ0) is 11.4. The van der Waals surface area contributed by atoms with Crippen LogP contribution < -0.4 is 15.2 Å². The Hall–Kier alpha value is -0.810. The van der Waals surface area contributed by atoms with Crippen molar-refractivity contribution >= 4 is 15.9 Å². The topological polar surface area (TPSA) is 44.5 Å². The molecule has 5 heteroatoms. The lowest BCUT2D eigenvalue weighted by atomic mass is 10.1. The van der Waals surface area contributed by atoms with Crippen LogP contribution in [0.25, 0.3) is 0 Å². The molecule has 15 heavy (non-hydrogen) atoms. The predicted molar refractivity (Wildman–Crippen MR) is 60.1 cm³/mol. The molecule has 3 nitrogen and oxygen atoms in total. The van der Waals surface area contributed by atoms with Gasteiger partial charge in [0, 0.05) is 12.1 Å². The molecule has 2 N–H and O–H groups in total. The summed E-state index contributed by atoms with van der Waals surface area (Å²) in [4.78, 5) is 0. The summed E-state index contributed by atoms with van der Waals surface area (Å²) in [6.07, 6.45) is -1.23. The van der Waals surface area contributed by atoms with E-state index in [2.05, 4.69) is 15.9 Å². The van der Waals surface area contributed by atoms with Gasteiger partial charge >= 0.3 is 0 Å². The molecule has 0 radical (unpaired) electrons. The first kappa shape index (κ1) is 12.3. The van der Waals surface area contributed by atoms with Gasteiger partial charge in [-0.1, -0.05) is 0 Å². The largest absolute Gasteiger partial charge is 0.495 e. The van der Waals surface area contributed by atoms with E-state index >= 15 is 0 Å². The smallest absolute Gasteiger partial charge is 0.142 e. The number of hydrogen-bond donors (Lipinski definition) is 1. The Bertz CT molecular complexity index is 346. The summed E-state index contributed by atoms with van der Waals surface area (Å²) in [5.41, 5.74) is 5.69. The maximum atomic E-state index is 13.5. The van der Waals surface area contributed by atoms with Crippen LogP contribution in [-0.4, -0.2) is 20.8 Å². The standard InChI is InChI=1S/C10H13BrFNO2/c1-14-8-4-3-6(7(12)5-13)10(15-2)9(8)11/h3-4,7H,5,13H2,1-2H3. The van der Waals surface area contributed by atoms with Gasteiger partial charge in [-0.3, -0.25) is 0 Å². The summed E-state index contributed by atoms with van der Waals surface area (Å²) in [7, 11) is 3.02. The van der Waals surface area contributed by atoms with Gasteiger partial charge in [0.1, 0.15) is 22.1 Å². The SMILES string of the molecule is COc1ccc(C(F)CN)c(OC)c1Br. The van der Waals surface area contributed by atoms with E-state index in [1.807, 2.05) is 0 Å². The van der Waals surface area contributed by atoms with Crippen LogP contribution in [0.1, 0.15) is 11.7 Å².